The number of carbonyl (C=O) groups is 1. The molecule has 2 N–H and O–H groups in total. The number of ether oxygens (including phenoxy) is 1. The molecule has 1 aliphatic rings. The fraction of sp³-hybridized carbons (Fsp3) is 0.500. The summed E-state index contributed by atoms with van der Waals surface area (Å²) in [6.45, 7) is 5.18. The Bertz CT molecular complexity index is 559. The predicted octanol–water partition coefficient (Wildman–Crippen LogP) is 1.46. The van der Waals surface area contributed by atoms with Crippen LogP contribution in [0.3, 0.4) is 0 Å². The minimum Gasteiger partial charge on any atom is -0.496 e. The van der Waals surface area contributed by atoms with Crippen molar-refractivity contribution in [2.24, 2.45) is 5.16 Å². The van der Waals surface area contributed by atoms with Crippen LogP contribution in [0, 0.1) is 0 Å². The third-order valence-corrected chi connectivity index (χ3v) is 3.50. The van der Waals surface area contributed by atoms with Crippen LogP contribution in [0.15, 0.2) is 29.4 Å². The summed E-state index contributed by atoms with van der Waals surface area (Å²) >= 11 is 0. The summed E-state index contributed by atoms with van der Waals surface area (Å²) in [5.74, 6) is 0.709. The third-order valence-electron chi connectivity index (χ3n) is 3.50. The van der Waals surface area contributed by atoms with E-state index in [-0.39, 0.29) is 18.1 Å². The lowest BCUT2D eigenvalue weighted by atomic mass is 10.0. The fourth-order valence-corrected chi connectivity index (χ4v) is 2.43. The second-order valence-electron chi connectivity index (χ2n) is 5.74. The Morgan fingerprint density at radius 3 is 2.91 bits per heavy atom. The average molecular weight is 305 g/mol. The number of carbonyl (C=O) groups excluding carboxylic acids is 1. The molecule has 0 spiro atoms. The largest absolute Gasteiger partial charge is 0.496 e. The van der Waals surface area contributed by atoms with Gasteiger partial charge in [-0.05, 0) is 19.9 Å². The molecule has 0 saturated carbocycles. The van der Waals surface area contributed by atoms with Gasteiger partial charge in [0, 0.05) is 25.1 Å². The van der Waals surface area contributed by atoms with Gasteiger partial charge in [-0.3, -0.25) is 4.79 Å². The maximum absolute atomic E-state index is 11.9. The van der Waals surface area contributed by atoms with E-state index in [1.165, 1.54) is 0 Å². The summed E-state index contributed by atoms with van der Waals surface area (Å²) in [6.07, 6.45) is 0.781. The SMILES string of the molecule is COc1ccccc1CNC(=O)CNCC1(C)CC(C)=NO1. The molecule has 0 radical (unpaired) electrons. The molecule has 6 heteroatoms. The molecule has 1 unspecified atom stereocenters. The normalized spacial score (nSPS) is 20.2. The third kappa shape index (κ3) is 4.46. The van der Waals surface area contributed by atoms with E-state index < -0.39 is 0 Å². The lowest BCUT2D eigenvalue weighted by molar-refractivity contribution is -0.120. The van der Waals surface area contributed by atoms with Gasteiger partial charge < -0.3 is 20.2 Å². The van der Waals surface area contributed by atoms with Gasteiger partial charge in [-0.2, -0.15) is 0 Å². The van der Waals surface area contributed by atoms with Crippen molar-refractivity contribution in [3.8, 4) is 5.75 Å². The number of amides is 1. The maximum atomic E-state index is 11.9. The first-order valence-electron chi connectivity index (χ1n) is 7.33. The molecule has 1 aromatic rings. The number of para-hydroxylation sites is 1. The Morgan fingerprint density at radius 2 is 2.23 bits per heavy atom. The smallest absolute Gasteiger partial charge is 0.234 e. The van der Waals surface area contributed by atoms with Gasteiger partial charge in [-0.25, -0.2) is 0 Å². The lowest BCUT2D eigenvalue weighted by Crippen LogP contribution is -2.42. The zero-order chi connectivity index (χ0) is 16.0. The Balaban J connectivity index is 1.70. The number of methoxy groups -OCH3 is 1. The highest BCUT2D eigenvalue weighted by molar-refractivity contribution is 5.83. The number of nitrogens with one attached hydrogen (secondary N) is 2. The molecule has 0 aliphatic carbocycles. The van der Waals surface area contributed by atoms with Gasteiger partial charge in [0.1, 0.15) is 5.75 Å². The number of oxime groups is 1. The molecule has 22 heavy (non-hydrogen) atoms. The molecular formula is C16H23N3O3. The van der Waals surface area contributed by atoms with E-state index in [1.807, 2.05) is 38.1 Å². The van der Waals surface area contributed by atoms with Crippen molar-refractivity contribution >= 4 is 11.6 Å². The zero-order valence-electron chi connectivity index (χ0n) is 13.3. The van der Waals surface area contributed by atoms with E-state index in [0.29, 0.717) is 13.1 Å². The van der Waals surface area contributed by atoms with Gasteiger partial charge >= 0.3 is 0 Å². The summed E-state index contributed by atoms with van der Waals surface area (Å²) in [4.78, 5) is 17.2. The van der Waals surface area contributed by atoms with Crippen LogP contribution in [-0.2, 0) is 16.2 Å². The minimum atomic E-state index is -0.354. The molecule has 0 fully saturated rings. The van der Waals surface area contributed by atoms with E-state index in [1.54, 1.807) is 7.11 Å². The summed E-state index contributed by atoms with van der Waals surface area (Å²) in [6, 6.07) is 7.63. The van der Waals surface area contributed by atoms with Crippen molar-refractivity contribution in [2.75, 3.05) is 20.2 Å². The Morgan fingerprint density at radius 1 is 1.45 bits per heavy atom. The maximum Gasteiger partial charge on any atom is 0.234 e. The molecular weight excluding hydrogens is 282 g/mol. The van der Waals surface area contributed by atoms with Crippen molar-refractivity contribution in [2.45, 2.75) is 32.4 Å². The zero-order valence-corrected chi connectivity index (χ0v) is 13.3. The number of hydrogen-bond acceptors (Lipinski definition) is 5. The van der Waals surface area contributed by atoms with Crippen molar-refractivity contribution < 1.29 is 14.4 Å². The van der Waals surface area contributed by atoms with Crippen molar-refractivity contribution in [1.82, 2.24) is 10.6 Å². The van der Waals surface area contributed by atoms with Crippen molar-refractivity contribution in [3.63, 3.8) is 0 Å². The van der Waals surface area contributed by atoms with Crippen LogP contribution < -0.4 is 15.4 Å². The van der Waals surface area contributed by atoms with Crippen LogP contribution in [-0.4, -0.2) is 37.4 Å². The van der Waals surface area contributed by atoms with Gasteiger partial charge in [0.25, 0.3) is 0 Å². The molecule has 0 saturated heterocycles. The molecule has 0 aromatic heterocycles. The molecule has 1 heterocycles. The average Bonchev–Trinajstić information content (AvgIpc) is 2.85. The molecule has 120 valence electrons. The van der Waals surface area contributed by atoms with Gasteiger partial charge in [-0.1, -0.05) is 23.4 Å². The highest BCUT2D eigenvalue weighted by Crippen LogP contribution is 2.22. The lowest BCUT2D eigenvalue weighted by Gasteiger charge is -2.21. The van der Waals surface area contributed by atoms with E-state index in [4.69, 9.17) is 9.57 Å². The quantitative estimate of drug-likeness (QED) is 0.800. The monoisotopic (exact) mass is 305 g/mol. The molecule has 1 atom stereocenters. The molecule has 2 rings (SSSR count). The standard InChI is InChI=1S/C16H23N3O3/c1-12-8-16(2,22-19-12)11-17-10-15(20)18-9-13-6-4-5-7-14(13)21-3/h4-7,17H,8-11H2,1-3H3,(H,18,20). The van der Waals surface area contributed by atoms with Crippen LogP contribution in [0.4, 0.5) is 0 Å². The summed E-state index contributed by atoms with van der Waals surface area (Å²) in [7, 11) is 1.62. The molecule has 1 aliphatic heterocycles. The van der Waals surface area contributed by atoms with Crippen molar-refractivity contribution in [3.05, 3.63) is 29.8 Å². The van der Waals surface area contributed by atoms with Crippen LogP contribution in [0.1, 0.15) is 25.8 Å². The highest BCUT2D eigenvalue weighted by Gasteiger charge is 2.32. The van der Waals surface area contributed by atoms with Crippen LogP contribution in [0.2, 0.25) is 0 Å². The Labute approximate surface area is 130 Å². The van der Waals surface area contributed by atoms with Crippen LogP contribution in [0.5, 0.6) is 5.75 Å². The van der Waals surface area contributed by atoms with E-state index in [0.717, 1.165) is 23.4 Å². The minimum absolute atomic E-state index is 0.0647. The first-order valence-corrected chi connectivity index (χ1v) is 7.33. The van der Waals surface area contributed by atoms with Crippen LogP contribution >= 0.6 is 0 Å². The van der Waals surface area contributed by atoms with Crippen LogP contribution in [0.25, 0.3) is 0 Å². The molecule has 0 bridgehead atoms. The summed E-state index contributed by atoms with van der Waals surface area (Å²) in [5.41, 5.74) is 1.57. The number of benzene rings is 1. The number of rotatable bonds is 7. The fourth-order valence-electron chi connectivity index (χ4n) is 2.43. The van der Waals surface area contributed by atoms with Gasteiger partial charge in [0.05, 0.1) is 19.4 Å². The van der Waals surface area contributed by atoms with Crippen molar-refractivity contribution in [1.29, 1.82) is 0 Å². The predicted molar refractivity (Wildman–Crippen MR) is 84.9 cm³/mol. The van der Waals surface area contributed by atoms with Gasteiger partial charge in [0.15, 0.2) is 5.60 Å². The molecule has 6 nitrogen and oxygen atoms in total. The second-order valence-corrected chi connectivity index (χ2v) is 5.74. The van der Waals surface area contributed by atoms with E-state index in [9.17, 15) is 4.79 Å². The highest BCUT2D eigenvalue weighted by atomic mass is 16.7. The van der Waals surface area contributed by atoms with Gasteiger partial charge in [0.2, 0.25) is 5.91 Å². The number of hydrogen-bond donors (Lipinski definition) is 2. The molecule has 1 amide bonds. The summed E-state index contributed by atoms with van der Waals surface area (Å²) in [5, 5.41) is 9.93. The first-order chi connectivity index (χ1) is 10.5. The Hall–Kier alpha value is -2.08. The van der Waals surface area contributed by atoms with E-state index in [2.05, 4.69) is 15.8 Å². The Kier molecular flexibility index (Phi) is 5.38. The second kappa shape index (κ2) is 7.26. The molecule has 1 aromatic carbocycles. The van der Waals surface area contributed by atoms with Gasteiger partial charge in [-0.15, -0.1) is 0 Å². The first kappa shape index (κ1) is 16.3. The topological polar surface area (TPSA) is 72.0 Å². The van der Waals surface area contributed by atoms with E-state index >= 15 is 0 Å². The number of nitrogens with zero attached hydrogens (tertiary/aromatic N) is 1. The summed E-state index contributed by atoms with van der Waals surface area (Å²) < 4.78 is 5.25.